The number of hydrogen-bond donors (Lipinski definition) is 0. The van der Waals surface area contributed by atoms with E-state index >= 15 is 0 Å². The lowest BCUT2D eigenvalue weighted by atomic mass is 10.1. The third-order valence-electron chi connectivity index (χ3n) is 4.26. The van der Waals surface area contributed by atoms with Gasteiger partial charge in [0.15, 0.2) is 15.0 Å². The van der Waals surface area contributed by atoms with Gasteiger partial charge < -0.3 is 14.8 Å². The van der Waals surface area contributed by atoms with Gasteiger partial charge in [0.1, 0.15) is 5.82 Å². The quantitative estimate of drug-likeness (QED) is 0.715. The normalized spacial score (nSPS) is 25.5. The molecule has 0 aliphatic carbocycles. The third-order valence-corrected chi connectivity index (χ3v) is 7.47. The molecular formula is C16H16FN2O5S2-. The Labute approximate surface area is 154 Å². The molecule has 0 radical (unpaired) electrons. The minimum atomic E-state index is -3.22. The Balaban J connectivity index is 1.94. The fraction of sp³-hybridized carbons (Fsp3) is 0.438. The van der Waals surface area contributed by atoms with Crippen LogP contribution in [0, 0.1) is 12.7 Å². The maximum absolute atomic E-state index is 14.0. The van der Waals surface area contributed by atoms with Crippen LogP contribution in [-0.4, -0.2) is 48.3 Å². The van der Waals surface area contributed by atoms with E-state index in [4.69, 9.17) is 0 Å². The number of amidine groups is 1. The Morgan fingerprint density at radius 3 is 2.73 bits per heavy atom. The number of aliphatic imine (C=N–C) groups is 1. The second-order valence-electron chi connectivity index (χ2n) is 6.26. The van der Waals surface area contributed by atoms with Crippen LogP contribution in [-0.2, 0) is 19.4 Å². The van der Waals surface area contributed by atoms with Gasteiger partial charge in [-0.1, -0.05) is 17.8 Å². The van der Waals surface area contributed by atoms with Crippen LogP contribution in [0.3, 0.4) is 0 Å². The summed E-state index contributed by atoms with van der Waals surface area (Å²) in [5, 5.41) is 10.4. The molecule has 0 bridgehead atoms. The van der Waals surface area contributed by atoms with Crippen molar-refractivity contribution in [2.24, 2.45) is 4.99 Å². The first kappa shape index (κ1) is 18.8. The van der Waals surface area contributed by atoms with E-state index in [1.807, 2.05) is 0 Å². The van der Waals surface area contributed by atoms with Gasteiger partial charge in [-0.25, -0.2) is 12.8 Å². The number of halogens is 1. The summed E-state index contributed by atoms with van der Waals surface area (Å²) in [5.74, 6) is -2.58. The van der Waals surface area contributed by atoms with E-state index in [2.05, 4.69) is 4.99 Å². The molecule has 0 spiro atoms. The number of aryl methyl sites for hydroxylation is 1. The molecule has 26 heavy (non-hydrogen) atoms. The predicted molar refractivity (Wildman–Crippen MR) is 94.1 cm³/mol. The summed E-state index contributed by atoms with van der Waals surface area (Å²) < 4.78 is 37.9. The maximum Gasteiger partial charge on any atom is 0.248 e. The van der Waals surface area contributed by atoms with Crippen LogP contribution in [0.25, 0.3) is 0 Å². The number of carbonyl (C=O) groups excluding carboxylic acids is 2. The number of amides is 1. The second kappa shape index (κ2) is 6.99. The van der Waals surface area contributed by atoms with Crippen molar-refractivity contribution in [1.29, 1.82) is 0 Å². The predicted octanol–water partition coefficient (Wildman–Crippen LogP) is 0.266. The smallest absolute Gasteiger partial charge is 0.248 e. The van der Waals surface area contributed by atoms with Crippen molar-refractivity contribution in [2.45, 2.75) is 31.1 Å². The van der Waals surface area contributed by atoms with Crippen molar-refractivity contribution >= 4 is 44.3 Å². The summed E-state index contributed by atoms with van der Waals surface area (Å²) in [6.45, 7) is 1.61. The van der Waals surface area contributed by atoms with E-state index in [1.54, 1.807) is 24.0 Å². The molecule has 10 heteroatoms. The van der Waals surface area contributed by atoms with Crippen LogP contribution in [0.5, 0.6) is 0 Å². The second-order valence-corrected chi connectivity index (χ2v) is 9.62. The highest BCUT2D eigenvalue weighted by molar-refractivity contribution is 8.16. The number of sulfone groups is 1. The average molecular weight is 399 g/mol. The molecule has 2 heterocycles. The van der Waals surface area contributed by atoms with Crippen LogP contribution in [0.2, 0.25) is 0 Å². The monoisotopic (exact) mass is 399 g/mol. The Morgan fingerprint density at radius 2 is 2.08 bits per heavy atom. The molecule has 0 N–H and O–H groups in total. The highest BCUT2D eigenvalue weighted by Gasteiger charge is 2.49. The molecule has 1 amide bonds. The molecule has 0 aromatic heterocycles. The SMILES string of the molecule is Cc1ccc(N2C(=NC(=O)CCC(=O)[O-])S[C@@H]3CS(=O)(=O)C[C@@H]32)cc1F. The van der Waals surface area contributed by atoms with Crippen molar-refractivity contribution in [1.82, 2.24) is 0 Å². The van der Waals surface area contributed by atoms with E-state index in [9.17, 15) is 27.5 Å². The molecule has 1 aromatic carbocycles. The first-order valence-corrected chi connectivity index (χ1v) is 10.6. The lowest BCUT2D eigenvalue weighted by molar-refractivity contribution is -0.305. The van der Waals surface area contributed by atoms with Crippen LogP contribution in [0.4, 0.5) is 10.1 Å². The van der Waals surface area contributed by atoms with E-state index in [1.165, 1.54) is 6.07 Å². The standard InChI is InChI=1S/C16H17FN2O5S2/c1-9-2-3-10(6-11(9)17)19-12-7-26(23,24)8-13(12)25-16(19)18-14(20)4-5-15(21)22/h2-3,6,12-13H,4-5,7-8H2,1H3,(H,21,22)/p-1/t12-,13+/m0/s1. The molecule has 0 unspecified atom stereocenters. The zero-order valence-electron chi connectivity index (χ0n) is 13.8. The van der Waals surface area contributed by atoms with Gasteiger partial charge in [-0.15, -0.1) is 0 Å². The van der Waals surface area contributed by atoms with Gasteiger partial charge in [-0.2, -0.15) is 4.99 Å². The molecule has 140 valence electrons. The summed E-state index contributed by atoms with van der Waals surface area (Å²) >= 11 is 1.15. The summed E-state index contributed by atoms with van der Waals surface area (Å²) in [7, 11) is -3.22. The fourth-order valence-corrected chi connectivity index (χ4v) is 6.90. The Morgan fingerprint density at radius 1 is 1.35 bits per heavy atom. The molecule has 2 saturated heterocycles. The van der Waals surface area contributed by atoms with Crippen molar-refractivity contribution in [2.75, 3.05) is 16.4 Å². The lowest BCUT2D eigenvalue weighted by Crippen LogP contribution is -2.37. The van der Waals surface area contributed by atoms with Crippen molar-refractivity contribution in [3.05, 3.63) is 29.6 Å². The molecule has 2 atom stereocenters. The number of fused-ring (bicyclic) bond motifs is 1. The zero-order chi connectivity index (χ0) is 19.1. The van der Waals surface area contributed by atoms with Crippen LogP contribution in [0.1, 0.15) is 18.4 Å². The van der Waals surface area contributed by atoms with E-state index < -0.39 is 40.0 Å². The molecular weight excluding hydrogens is 383 g/mol. The van der Waals surface area contributed by atoms with Crippen LogP contribution in [0.15, 0.2) is 23.2 Å². The summed E-state index contributed by atoms with van der Waals surface area (Å²) in [5.41, 5.74) is 0.858. The highest BCUT2D eigenvalue weighted by Crippen LogP contribution is 2.41. The number of thioether (sulfide) groups is 1. The van der Waals surface area contributed by atoms with Crippen LogP contribution >= 0.6 is 11.8 Å². The molecule has 3 rings (SSSR count). The van der Waals surface area contributed by atoms with E-state index in [0.717, 1.165) is 11.8 Å². The zero-order valence-corrected chi connectivity index (χ0v) is 15.5. The number of nitrogens with zero attached hydrogens (tertiary/aromatic N) is 2. The number of carboxylic acid groups (broad SMARTS) is 1. The average Bonchev–Trinajstić information content (AvgIpc) is 2.99. The van der Waals surface area contributed by atoms with Crippen molar-refractivity contribution < 1.29 is 27.5 Å². The van der Waals surface area contributed by atoms with Gasteiger partial charge in [-0.05, 0) is 31.0 Å². The number of hydrogen-bond acceptors (Lipinski definition) is 6. The lowest BCUT2D eigenvalue weighted by Gasteiger charge is -2.24. The Bertz CT molecular complexity index is 900. The van der Waals surface area contributed by atoms with Gasteiger partial charge in [0.05, 0.1) is 17.5 Å². The minimum absolute atomic E-state index is 0.0422. The largest absolute Gasteiger partial charge is 0.550 e. The van der Waals surface area contributed by atoms with Gasteiger partial charge in [0, 0.05) is 23.3 Å². The number of anilines is 1. The molecule has 0 saturated carbocycles. The number of benzene rings is 1. The molecule has 1 aromatic rings. The fourth-order valence-electron chi connectivity index (χ4n) is 2.97. The summed E-state index contributed by atoms with van der Waals surface area (Å²) in [4.78, 5) is 27.9. The molecule has 2 aliphatic heterocycles. The molecule has 7 nitrogen and oxygen atoms in total. The minimum Gasteiger partial charge on any atom is -0.550 e. The number of carboxylic acids is 1. The Hall–Kier alpha value is -1.94. The molecule has 2 aliphatic rings. The number of rotatable bonds is 4. The van der Waals surface area contributed by atoms with Crippen LogP contribution < -0.4 is 10.0 Å². The topological polar surface area (TPSA) is 107 Å². The highest BCUT2D eigenvalue weighted by atomic mass is 32.2. The van der Waals surface area contributed by atoms with Gasteiger partial charge >= 0.3 is 0 Å². The summed E-state index contributed by atoms with van der Waals surface area (Å²) in [6, 6.07) is 4.05. The third kappa shape index (κ3) is 3.90. The van der Waals surface area contributed by atoms with Crippen molar-refractivity contribution in [3.8, 4) is 0 Å². The molecule has 2 fully saturated rings. The first-order chi connectivity index (χ1) is 12.2. The van der Waals surface area contributed by atoms with Gasteiger partial charge in [0.2, 0.25) is 5.91 Å². The summed E-state index contributed by atoms with van der Waals surface area (Å²) in [6.07, 6.45) is -0.753. The maximum atomic E-state index is 14.0. The first-order valence-electron chi connectivity index (χ1n) is 7.90. The van der Waals surface area contributed by atoms with E-state index in [-0.39, 0.29) is 28.3 Å². The number of carbonyl (C=O) groups is 2. The van der Waals surface area contributed by atoms with Crippen molar-refractivity contribution in [3.63, 3.8) is 0 Å². The van der Waals surface area contributed by atoms with E-state index in [0.29, 0.717) is 11.3 Å². The van der Waals surface area contributed by atoms with Gasteiger partial charge in [0.25, 0.3) is 0 Å². The Kier molecular flexibility index (Phi) is 5.07. The number of aliphatic carboxylic acids is 1. The van der Waals surface area contributed by atoms with Gasteiger partial charge in [-0.3, -0.25) is 4.79 Å².